The van der Waals surface area contributed by atoms with Crippen LogP contribution in [0.4, 0.5) is 0 Å². The number of sulfonamides is 1. The zero-order valence-electron chi connectivity index (χ0n) is 26.2. The molecular formula is C30H61N3O3S. The first kappa shape index (κ1) is 34.4. The van der Waals surface area contributed by atoms with E-state index in [2.05, 4.69) is 67.6 Å². The first-order valence-electron chi connectivity index (χ1n) is 14.6. The number of hydrogen-bond donors (Lipinski definition) is 1. The third-order valence-electron chi connectivity index (χ3n) is 8.88. The van der Waals surface area contributed by atoms with Gasteiger partial charge in [-0.05, 0) is 85.6 Å². The van der Waals surface area contributed by atoms with E-state index in [1.165, 1.54) is 45.0 Å². The highest BCUT2D eigenvalue weighted by atomic mass is 32.2. The maximum absolute atomic E-state index is 11.3. The molecule has 0 spiro atoms. The molecule has 0 atom stereocenters. The number of carbonyl (C=O) groups is 1. The Balaban J connectivity index is 0.000000281. The van der Waals surface area contributed by atoms with Crippen molar-refractivity contribution < 1.29 is 13.2 Å². The van der Waals surface area contributed by atoms with Crippen molar-refractivity contribution in [2.24, 2.45) is 34.0 Å². The highest BCUT2D eigenvalue weighted by Gasteiger charge is 2.32. The van der Waals surface area contributed by atoms with Crippen molar-refractivity contribution in [1.29, 1.82) is 0 Å². The van der Waals surface area contributed by atoms with Crippen LogP contribution in [-0.4, -0.2) is 69.1 Å². The second kappa shape index (κ2) is 14.1. The molecule has 3 aliphatic rings. The highest BCUT2D eigenvalue weighted by molar-refractivity contribution is 7.88. The Kier molecular flexibility index (Phi) is 13.1. The zero-order chi connectivity index (χ0) is 28.7. The number of nitrogens with zero attached hydrogens (tertiary/aromatic N) is 2. The van der Waals surface area contributed by atoms with E-state index in [4.69, 9.17) is 0 Å². The van der Waals surface area contributed by atoms with E-state index in [9.17, 15) is 13.2 Å². The molecular weight excluding hydrogens is 482 g/mol. The lowest BCUT2D eigenvalue weighted by atomic mass is 9.75. The molecule has 37 heavy (non-hydrogen) atoms. The molecule has 3 saturated heterocycles. The number of hydrogen-bond acceptors (Lipinski definition) is 4. The molecule has 0 aromatic heterocycles. The molecule has 3 fully saturated rings. The molecule has 0 aromatic carbocycles. The van der Waals surface area contributed by atoms with Gasteiger partial charge in [0.1, 0.15) is 0 Å². The normalized spacial score (nSPS) is 22.0. The maximum atomic E-state index is 11.3. The van der Waals surface area contributed by atoms with Crippen LogP contribution < -0.4 is 5.32 Å². The van der Waals surface area contributed by atoms with E-state index in [0.717, 1.165) is 37.8 Å². The minimum absolute atomic E-state index is 0.229. The molecule has 1 amide bonds. The quantitative estimate of drug-likeness (QED) is 0.439. The molecule has 3 rings (SSSR count). The molecule has 0 unspecified atom stereocenters. The summed E-state index contributed by atoms with van der Waals surface area (Å²) >= 11 is 0. The Hall–Kier alpha value is -0.660. The Labute approximate surface area is 230 Å². The first-order chi connectivity index (χ1) is 16.7. The number of amides is 1. The predicted molar refractivity (Wildman–Crippen MR) is 158 cm³/mol. The van der Waals surface area contributed by atoms with Crippen LogP contribution in [0, 0.1) is 34.0 Å². The molecule has 0 radical (unpaired) electrons. The summed E-state index contributed by atoms with van der Waals surface area (Å²) in [5, 5.41) is 3.39. The van der Waals surface area contributed by atoms with Gasteiger partial charge in [0.15, 0.2) is 0 Å². The van der Waals surface area contributed by atoms with E-state index >= 15 is 0 Å². The van der Waals surface area contributed by atoms with Crippen molar-refractivity contribution in [2.45, 2.75) is 108 Å². The van der Waals surface area contributed by atoms with Gasteiger partial charge < -0.3 is 10.2 Å². The van der Waals surface area contributed by atoms with E-state index in [0.29, 0.717) is 35.3 Å². The average Bonchev–Trinajstić information content (AvgIpc) is 2.78. The number of carbonyl (C=O) groups excluding carboxylic acids is 1. The maximum Gasteiger partial charge on any atom is 0.219 e. The third-order valence-corrected chi connectivity index (χ3v) is 10.2. The minimum Gasteiger partial charge on any atom is -0.343 e. The molecule has 220 valence electrons. The zero-order valence-corrected chi connectivity index (χ0v) is 27.1. The van der Waals surface area contributed by atoms with Gasteiger partial charge in [-0.3, -0.25) is 4.79 Å². The monoisotopic (exact) mass is 543 g/mol. The van der Waals surface area contributed by atoms with Crippen molar-refractivity contribution in [3.05, 3.63) is 0 Å². The van der Waals surface area contributed by atoms with E-state index in [-0.39, 0.29) is 5.91 Å². The molecule has 0 saturated carbocycles. The summed E-state index contributed by atoms with van der Waals surface area (Å²) in [5.74, 6) is 2.60. The second-order valence-corrected chi connectivity index (χ2v) is 16.8. The van der Waals surface area contributed by atoms with Gasteiger partial charge in [0.2, 0.25) is 15.9 Å². The first-order valence-corrected chi connectivity index (χ1v) is 16.5. The topological polar surface area (TPSA) is 69.7 Å². The Morgan fingerprint density at radius 2 is 0.973 bits per heavy atom. The summed E-state index contributed by atoms with van der Waals surface area (Å²) in [6, 6.07) is 0. The van der Waals surface area contributed by atoms with E-state index < -0.39 is 10.0 Å². The number of rotatable bonds is 1. The summed E-state index contributed by atoms with van der Waals surface area (Å²) in [6.45, 7) is 28.0. The van der Waals surface area contributed by atoms with Gasteiger partial charge in [-0.15, -0.1) is 0 Å². The summed E-state index contributed by atoms with van der Waals surface area (Å²) in [4.78, 5) is 13.0. The van der Waals surface area contributed by atoms with E-state index in [1.54, 1.807) is 11.2 Å². The van der Waals surface area contributed by atoms with Crippen LogP contribution in [0.2, 0.25) is 0 Å². The van der Waals surface area contributed by atoms with Gasteiger partial charge in [0.05, 0.1) is 6.26 Å². The molecule has 0 bridgehead atoms. The fourth-order valence-electron chi connectivity index (χ4n) is 5.80. The van der Waals surface area contributed by atoms with Crippen LogP contribution in [0.25, 0.3) is 0 Å². The number of nitrogens with one attached hydrogen (secondary N) is 1. The van der Waals surface area contributed by atoms with Gasteiger partial charge in [-0.2, -0.15) is 0 Å². The molecule has 3 aliphatic heterocycles. The van der Waals surface area contributed by atoms with Crippen LogP contribution in [-0.2, 0) is 14.8 Å². The highest BCUT2D eigenvalue weighted by Crippen LogP contribution is 2.35. The lowest BCUT2D eigenvalue weighted by Crippen LogP contribution is -2.40. The van der Waals surface area contributed by atoms with Crippen molar-refractivity contribution in [2.75, 3.05) is 45.5 Å². The lowest BCUT2D eigenvalue weighted by Gasteiger charge is -2.38. The largest absolute Gasteiger partial charge is 0.343 e. The fraction of sp³-hybridized carbons (Fsp3) is 0.967. The number of likely N-dealkylation sites (tertiary alicyclic amines) is 1. The van der Waals surface area contributed by atoms with Crippen molar-refractivity contribution in [3.63, 3.8) is 0 Å². The van der Waals surface area contributed by atoms with Crippen LogP contribution in [0.3, 0.4) is 0 Å². The lowest BCUT2D eigenvalue weighted by molar-refractivity contribution is -0.130. The van der Waals surface area contributed by atoms with Crippen LogP contribution in [0.1, 0.15) is 108 Å². The molecule has 6 nitrogen and oxygen atoms in total. The van der Waals surface area contributed by atoms with Crippen molar-refractivity contribution in [1.82, 2.24) is 14.5 Å². The molecule has 1 N–H and O–H groups in total. The fourth-order valence-corrected chi connectivity index (χ4v) is 6.68. The van der Waals surface area contributed by atoms with Gasteiger partial charge in [-0.1, -0.05) is 62.3 Å². The van der Waals surface area contributed by atoms with Crippen molar-refractivity contribution in [3.8, 4) is 0 Å². The summed E-state index contributed by atoms with van der Waals surface area (Å²) in [7, 11) is -2.96. The van der Waals surface area contributed by atoms with Gasteiger partial charge >= 0.3 is 0 Å². The Morgan fingerprint density at radius 1 is 0.649 bits per heavy atom. The standard InChI is InChI=1S/C11H21NO.C10H21NO2S.C9H19N/c1-9(13)12-7-5-10(6-8-12)11(2,3)4;1-10(2,3)9-5-7-11(8-6-9)14(4,12)13;1-9(2,3)8-4-6-10-7-5-8/h10H,5-8H2,1-4H3;9H,5-8H2,1-4H3;8,10H,4-7H2,1-3H3. The molecule has 0 aliphatic carbocycles. The summed E-state index contributed by atoms with van der Waals surface area (Å²) in [6.07, 6.45) is 8.36. The van der Waals surface area contributed by atoms with Crippen LogP contribution in [0.5, 0.6) is 0 Å². The Morgan fingerprint density at radius 3 is 1.24 bits per heavy atom. The van der Waals surface area contributed by atoms with Crippen LogP contribution in [0.15, 0.2) is 0 Å². The Bertz CT molecular complexity index is 768. The molecule has 3 heterocycles. The molecule has 7 heteroatoms. The SMILES string of the molecule is CC(=O)N1CCC(C(C)(C)C)CC1.CC(C)(C)C1CCN(S(C)(=O)=O)CC1.CC(C)(C)C1CCNCC1. The summed E-state index contributed by atoms with van der Waals surface area (Å²) < 4.78 is 24.1. The van der Waals surface area contributed by atoms with E-state index in [1.807, 2.05) is 4.90 Å². The number of piperidine rings is 3. The predicted octanol–water partition coefficient (Wildman–Crippen LogP) is 6.03. The van der Waals surface area contributed by atoms with Gasteiger partial charge in [-0.25, -0.2) is 12.7 Å². The third kappa shape index (κ3) is 12.8. The molecule has 0 aromatic rings. The smallest absolute Gasteiger partial charge is 0.219 e. The van der Waals surface area contributed by atoms with Gasteiger partial charge in [0, 0.05) is 33.1 Å². The van der Waals surface area contributed by atoms with Crippen molar-refractivity contribution >= 4 is 15.9 Å². The average molecular weight is 544 g/mol. The second-order valence-electron chi connectivity index (χ2n) is 14.8. The van der Waals surface area contributed by atoms with Crippen LogP contribution >= 0.6 is 0 Å². The minimum atomic E-state index is -2.96. The summed E-state index contributed by atoms with van der Waals surface area (Å²) in [5.41, 5.74) is 1.24. The van der Waals surface area contributed by atoms with Gasteiger partial charge in [0.25, 0.3) is 0 Å².